The van der Waals surface area contributed by atoms with Crippen molar-refractivity contribution in [2.75, 3.05) is 0 Å². The van der Waals surface area contributed by atoms with Crippen LogP contribution >= 0.6 is 11.8 Å². The van der Waals surface area contributed by atoms with Crippen LogP contribution in [-0.2, 0) is 18.8 Å². The van der Waals surface area contributed by atoms with Gasteiger partial charge in [-0.15, -0.1) is 0 Å². The Morgan fingerprint density at radius 3 is 2.66 bits per heavy atom. The standard InChI is InChI=1S/C21H23N5O2S/c1-3-5-12-26-19-18(20(27)24-21(26)28)25(4-2)16(23-19)13-29-17-11-10-14-8-6-7-9-15(14)22-17/h6-11H,3-5,12-13H2,1-2H3,(H,24,27,28). The van der Waals surface area contributed by atoms with Crippen molar-refractivity contribution in [3.63, 3.8) is 0 Å². The van der Waals surface area contributed by atoms with Gasteiger partial charge in [-0.3, -0.25) is 14.3 Å². The van der Waals surface area contributed by atoms with Gasteiger partial charge < -0.3 is 4.57 Å². The minimum Gasteiger partial charge on any atom is -0.322 e. The minimum atomic E-state index is -0.396. The molecule has 0 radical (unpaired) electrons. The number of aromatic nitrogens is 5. The molecule has 0 bridgehead atoms. The fraction of sp³-hybridized carbons (Fsp3) is 0.333. The summed E-state index contributed by atoms with van der Waals surface area (Å²) in [5.41, 5.74) is 1.10. The quantitative estimate of drug-likeness (QED) is 0.472. The number of aryl methyl sites for hydroxylation is 2. The van der Waals surface area contributed by atoms with Crippen LogP contribution in [0, 0.1) is 0 Å². The number of hydrogen-bond acceptors (Lipinski definition) is 5. The Morgan fingerprint density at radius 1 is 1.03 bits per heavy atom. The smallest absolute Gasteiger partial charge is 0.322 e. The molecule has 7 nitrogen and oxygen atoms in total. The van der Waals surface area contributed by atoms with E-state index in [1.807, 2.05) is 41.8 Å². The van der Waals surface area contributed by atoms with Gasteiger partial charge in [0.05, 0.1) is 16.3 Å². The number of pyridine rings is 1. The number of benzene rings is 1. The molecule has 8 heteroatoms. The Morgan fingerprint density at radius 2 is 1.86 bits per heavy atom. The first-order valence-electron chi connectivity index (χ1n) is 9.83. The number of nitrogens with zero attached hydrogens (tertiary/aromatic N) is 4. The molecule has 0 aliphatic rings. The zero-order valence-electron chi connectivity index (χ0n) is 16.5. The summed E-state index contributed by atoms with van der Waals surface area (Å²) >= 11 is 1.57. The number of nitrogens with one attached hydrogen (secondary N) is 1. The summed E-state index contributed by atoms with van der Waals surface area (Å²) < 4.78 is 3.47. The molecule has 1 aromatic carbocycles. The third-order valence-corrected chi connectivity index (χ3v) is 5.86. The van der Waals surface area contributed by atoms with Crippen molar-refractivity contribution in [3.8, 4) is 0 Å². The van der Waals surface area contributed by atoms with Crippen molar-refractivity contribution in [1.29, 1.82) is 0 Å². The molecule has 4 aromatic rings. The van der Waals surface area contributed by atoms with E-state index in [9.17, 15) is 9.59 Å². The second-order valence-corrected chi connectivity index (χ2v) is 7.84. The molecule has 0 saturated heterocycles. The monoisotopic (exact) mass is 409 g/mol. The van der Waals surface area contributed by atoms with Gasteiger partial charge in [0, 0.05) is 18.5 Å². The van der Waals surface area contributed by atoms with Gasteiger partial charge in [0.1, 0.15) is 5.82 Å². The highest BCUT2D eigenvalue weighted by atomic mass is 32.2. The van der Waals surface area contributed by atoms with E-state index in [-0.39, 0.29) is 5.56 Å². The van der Waals surface area contributed by atoms with Crippen LogP contribution in [0.1, 0.15) is 32.5 Å². The lowest BCUT2D eigenvalue weighted by atomic mass is 10.2. The molecule has 29 heavy (non-hydrogen) atoms. The summed E-state index contributed by atoms with van der Waals surface area (Å²) in [4.78, 5) is 36.6. The number of unbranched alkanes of at least 4 members (excludes halogenated alkanes) is 1. The van der Waals surface area contributed by atoms with Crippen molar-refractivity contribution >= 4 is 33.8 Å². The van der Waals surface area contributed by atoms with E-state index >= 15 is 0 Å². The molecule has 0 aliphatic carbocycles. The van der Waals surface area contributed by atoms with Crippen LogP contribution in [0.3, 0.4) is 0 Å². The van der Waals surface area contributed by atoms with Gasteiger partial charge in [0.25, 0.3) is 5.56 Å². The Labute approximate surface area is 171 Å². The van der Waals surface area contributed by atoms with Crippen molar-refractivity contribution in [2.45, 2.75) is 50.6 Å². The molecule has 0 aliphatic heterocycles. The summed E-state index contributed by atoms with van der Waals surface area (Å²) in [5.74, 6) is 1.33. The van der Waals surface area contributed by atoms with Crippen LogP contribution in [0.25, 0.3) is 22.1 Å². The lowest BCUT2D eigenvalue weighted by Crippen LogP contribution is -2.31. The molecule has 4 rings (SSSR count). The normalized spacial score (nSPS) is 11.5. The van der Waals surface area contributed by atoms with E-state index in [0.29, 0.717) is 30.0 Å². The van der Waals surface area contributed by atoms with Crippen LogP contribution in [-0.4, -0.2) is 24.1 Å². The molecule has 3 aromatic heterocycles. The summed E-state index contributed by atoms with van der Waals surface area (Å²) in [5, 5.41) is 2.00. The highest BCUT2D eigenvalue weighted by Crippen LogP contribution is 2.24. The Balaban J connectivity index is 1.71. The van der Waals surface area contributed by atoms with Gasteiger partial charge in [0.15, 0.2) is 11.2 Å². The molecular formula is C21H23N5O2S. The summed E-state index contributed by atoms with van der Waals surface area (Å²) in [7, 11) is 0. The SMILES string of the molecule is CCCCn1c(=O)[nH]c(=O)c2c1nc(CSc1ccc3ccccc3n1)n2CC. The van der Waals surface area contributed by atoms with Gasteiger partial charge in [-0.1, -0.05) is 49.4 Å². The third-order valence-electron chi connectivity index (χ3n) is 4.94. The summed E-state index contributed by atoms with van der Waals surface area (Å²) in [6.07, 6.45) is 1.81. The van der Waals surface area contributed by atoms with E-state index in [2.05, 4.69) is 18.0 Å². The predicted octanol–water partition coefficient (Wildman–Crippen LogP) is 3.55. The second kappa shape index (κ2) is 8.24. The first-order chi connectivity index (χ1) is 14.1. The maximum absolute atomic E-state index is 12.5. The molecule has 3 heterocycles. The molecule has 0 saturated carbocycles. The predicted molar refractivity (Wildman–Crippen MR) is 116 cm³/mol. The van der Waals surface area contributed by atoms with Gasteiger partial charge in [0.2, 0.25) is 0 Å². The number of H-pyrrole nitrogens is 1. The van der Waals surface area contributed by atoms with Gasteiger partial charge in [-0.05, 0) is 25.5 Å². The third kappa shape index (κ3) is 3.72. The lowest BCUT2D eigenvalue weighted by molar-refractivity contribution is 0.613. The second-order valence-electron chi connectivity index (χ2n) is 6.84. The number of hydrogen-bond donors (Lipinski definition) is 1. The van der Waals surface area contributed by atoms with Crippen LogP contribution in [0.5, 0.6) is 0 Å². The van der Waals surface area contributed by atoms with Crippen LogP contribution in [0.15, 0.2) is 51.0 Å². The van der Waals surface area contributed by atoms with E-state index in [1.165, 1.54) is 0 Å². The number of para-hydroxylation sites is 1. The van der Waals surface area contributed by atoms with Crippen LogP contribution in [0.4, 0.5) is 0 Å². The number of fused-ring (bicyclic) bond motifs is 2. The first-order valence-corrected chi connectivity index (χ1v) is 10.8. The molecular weight excluding hydrogens is 386 g/mol. The number of imidazole rings is 1. The topological polar surface area (TPSA) is 85.6 Å². The molecule has 0 amide bonds. The van der Waals surface area contributed by atoms with Crippen molar-refractivity contribution in [1.82, 2.24) is 24.1 Å². The zero-order valence-corrected chi connectivity index (χ0v) is 17.3. The molecule has 0 spiro atoms. The zero-order chi connectivity index (χ0) is 20.4. The van der Waals surface area contributed by atoms with E-state index in [1.54, 1.807) is 16.3 Å². The lowest BCUT2D eigenvalue weighted by Gasteiger charge is -2.06. The molecule has 0 atom stereocenters. The molecule has 0 fully saturated rings. The highest BCUT2D eigenvalue weighted by Gasteiger charge is 2.18. The van der Waals surface area contributed by atoms with Crippen LogP contribution in [0.2, 0.25) is 0 Å². The van der Waals surface area contributed by atoms with Crippen molar-refractivity contribution < 1.29 is 0 Å². The number of aromatic amines is 1. The van der Waals surface area contributed by atoms with E-state index in [4.69, 9.17) is 9.97 Å². The largest absolute Gasteiger partial charge is 0.330 e. The van der Waals surface area contributed by atoms with E-state index in [0.717, 1.165) is 34.6 Å². The van der Waals surface area contributed by atoms with E-state index < -0.39 is 5.69 Å². The summed E-state index contributed by atoms with van der Waals surface area (Å²) in [6.45, 7) is 5.19. The fourth-order valence-corrected chi connectivity index (χ4v) is 4.28. The Hall–Kier alpha value is -2.87. The Kier molecular flexibility index (Phi) is 5.53. The molecule has 0 unspecified atom stereocenters. The highest BCUT2D eigenvalue weighted by molar-refractivity contribution is 7.98. The van der Waals surface area contributed by atoms with Gasteiger partial charge in [-0.2, -0.15) is 0 Å². The Bertz CT molecular complexity index is 1290. The van der Waals surface area contributed by atoms with Gasteiger partial charge >= 0.3 is 5.69 Å². The minimum absolute atomic E-state index is 0.382. The first kappa shape index (κ1) is 19.4. The maximum atomic E-state index is 12.5. The van der Waals surface area contributed by atoms with Gasteiger partial charge in [-0.25, -0.2) is 14.8 Å². The maximum Gasteiger partial charge on any atom is 0.330 e. The average molecular weight is 410 g/mol. The number of thioether (sulfide) groups is 1. The van der Waals surface area contributed by atoms with Crippen molar-refractivity contribution in [2.24, 2.45) is 0 Å². The summed E-state index contributed by atoms with van der Waals surface area (Å²) in [6, 6.07) is 12.1. The molecule has 1 N–H and O–H groups in total. The van der Waals surface area contributed by atoms with Crippen LogP contribution < -0.4 is 11.2 Å². The molecule has 150 valence electrons. The van der Waals surface area contributed by atoms with Crippen molar-refractivity contribution in [3.05, 3.63) is 63.1 Å². The number of rotatable bonds is 7. The fourth-order valence-electron chi connectivity index (χ4n) is 3.46. The average Bonchev–Trinajstić information content (AvgIpc) is 3.11.